The Hall–Kier alpha value is -2.29. The van der Waals surface area contributed by atoms with Crippen LogP contribution in [0, 0.1) is 6.92 Å². The normalized spacial score (nSPS) is 12.1. The van der Waals surface area contributed by atoms with Crippen molar-refractivity contribution in [2.75, 3.05) is 0 Å². The summed E-state index contributed by atoms with van der Waals surface area (Å²) in [6, 6.07) is -0.205. The fourth-order valence-corrected chi connectivity index (χ4v) is 2.34. The molecule has 0 fully saturated rings. The van der Waals surface area contributed by atoms with Gasteiger partial charge < -0.3 is 10.4 Å². The number of hydrogen-bond acceptors (Lipinski definition) is 6. The summed E-state index contributed by atoms with van der Waals surface area (Å²) in [5, 5.41) is 21.2. The first kappa shape index (κ1) is 14.1. The lowest BCUT2D eigenvalue weighted by molar-refractivity contribution is -0.122. The number of hydrogen-bond donors (Lipinski definition) is 2. The van der Waals surface area contributed by atoms with Gasteiger partial charge >= 0.3 is 5.97 Å². The number of carboxylic acid groups (broad SMARTS) is 1. The minimum atomic E-state index is -1.18. The van der Waals surface area contributed by atoms with Gasteiger partial charge in [-0.3, -0.25) is 4.79 Å². The van der Waals surface area contributed by atoms with Gasteiger partial charge in [0.2, 0.25) is 5.91 Å². The van der Waals surface area contributed by atoms with Gasteiger partial charge in [-0.15, -0.1) is 16.4 Å². The predicted octanol–water partition coefficient (Wildman–Crippen LogP) is 0.619. The van der Waals surface area contributed by atoms with Crippen LogP contribution >= 0.6 is 11.3 Å². The van der Waals surface area contributed by atoms with Crippen LogP contribution in [0.25, 0.3) is 0 Å². The second kappa shape index (κ2) is 5.78. The summed E-state index contributed by atoms with van der Waals surface area (Å²) >= 11 is 1.48. The van der Waals surface area contributed by atoms with Gasteiger partial charge in [-0.25, -0.2) is 14.5 Å². The van der Waals surface area contributed by atoms with E-state index in [1.807, 2.05) is 19.2 Å². The molecular weight excluding hydrogens is 282 g/mol. The summed E-state index contributed by atoms with van der Waals surface area (Å²) in [7, 11) is 0. The van der Waals surface area contributed by atoms with Crippen molar-refractivity contribution in [3.05, 3.63) is 28.0 Å². The van der Waals surface area contributed by atoms with Crippen LogP contribution in [0.3, 0.4) is 0 Å². The van der Waals surface area contributed by atoms with Crippen LogP contribution in [-0.2, 0) is 11.3 Å². The number of amides is 1. The van der Waals surface area contributed by atoms with E-state index in [4.69, 9.17) is 5.11 Å². The summed E-state index contributed by atoms with van der Waals surface area (Å²) in [6.45, 7) is 3.63. The Labute approximate surface area is 118 Å². The standard InChI is InChI=1S/C11H13N5O3S/c1-6-5-20-10(12-6)7(2)13-9(17)4-16-3-8(11(18)19)14-15-16/h3,5,7H,4H2,1-2H3,(H,13,17)(H,18,19). The second-order valence-corrected chi connectivity index (χ2v) is 5.11. The molecule has 0 saturated carbocycles. The molecule has 2 heterocycles. The fourth-order valence-electron chi connectivity index (χ4n) is 1.54. The van der Waals surface area contributed by atoms with Gasteiger partial charge in [0.1, 0.15) is 11.6 Å². The van der Waals surface area contributed by atoms with Gasteiger partial charge in [0.25, 0.3) is 0 Å². The largest absolute Gasteiger partial charge is 0.476 e. The van der Waals surface area contributed by atoms with Crippen LogP contribution in [0.15, 0.2) is 11.6 Å². The molecule has 9 heteroatoms. The number of carboxylic acids is 1. The molecule has 0 aliphatic heterocycles. The molecule has 0 spiro atoms. The van der Waals surface area contributed by atoms with Gasteiger partial charge in [0.05, 0.1) is 12.2 Å². The van der Waals surface area contributed by atoms with E-state index in [1.54, 1.807) is 0 Å². The van der Waals surface area contributed by atoms with Crippen LogP contribution in [-0.4, -0.2) is 37.0 Å². The molecule has 2 rings (SSSR count). The highest BCUT2D eigenvalue weighted by molar-refractivity contribution is 7.09. The van der Waals surface area contributed by atoms with Crippen LogP contribution in [0.4, 0.5) is 0 Å². The van der Waals surface area contributed by atoms with E-state index in [2.05, 4.69) is 20.6 Å². The Bertz CT molecular complexity index is 636. The Balaban J connectivity index is 1.93. The molecule has 0 aliphatic carbocycles. The Morgan fingerprint density at radius 1 is 1.55 bits per heavy atom. The molecule has 0 aliphatic rings. The molecule has 1 atom stereocenters. The number of aromatic carboxylic acids is 1. The Kier molecular flexibility index (Phi) is 4.08. The van der Waals surface area contributed by atoms with Crippen molar-refractivity contribution in [2.45, 2.75) is 26.4 Å². The van der Waals surface area contributed by atoms with Gasteiger partial charge in [-0.05, 0) is 13.8 Å². The number of nitrogens with one attached hydrogen (secondary N) is 1. The first-order chi connectivity index (χ1) is 9.45. The van der Waals surface area contributed by atoms with Crippen molar-refractivity contribution in [3.63, 3.8) is 0 Å². The number of nitrogens with zero attached hydrogens (tertiary/aromatic N) is 4. The molecule has 2 N–H and O–H groups in total. The zero-order valence-corrected chi connectivity index (χ0v) is 11.7. The van der Waals surface area contributed by atoms with Crippen molar-refractivity contribution in [1.29, 1.82) is 0 Å². The first-order valence-electron chi connectivity index (χ1n) is 5.80. The Morgan fingerprint density at radius 2 is 2.30 bits per heavy atom. The van der Waals surface area contributed by atoms with E-state index in [9.17, 15) is 9.59 Å². The van der Waals surface area contributed by atoms with Crippen molar-refractivity contribution in [2.24, 2.45) is 0 Å². The highest BCUT2D eigenvalue weighted by atomic mass is 32.1. The summed E-state index contributed by atoms with van der Waals surface area (Å²) in [5.74, 6) is -1.46. The van der Waals surface area contributed by atoms with Crippen molar-refractivity contribution in [3.8, 4) is 0 Å². The summed E-state index contributed by atoms with van der Waals surface area (Å²) in [6.07, 6.45) is 1.21. The molecule has 2 aromatic heterocycles. The number of carbonyl (C=O) groups is 2. The smallest absolute Gasteiger partial charge is 0.358 e. The third-order valence-electron chi connectivity index (χ3n) is 2.45. The first-order valence-corrected chi connectivity index (χ1v) is 6.68. The minimum Gasteiger partial charge on any atom is -0.476 e. The number of rotatable bonds is 5. The number of thiazole rings is 1. The van der Waals surface area contributed by atoms with Crippen LogP contribution in [0.2, 0.25) is 0 Å². The van der Waals surface area contributed by atoms with Crippen molar-refractivity contribution in [1.82, 2.24) is 25.3 Å². The quantitative estimate of drug-likeness (QED) is 0.836. The molecule has 0 bridgehead atoms. The molecule has 106 valence electrons. The maximum absolute atomic E-state index is 11.8. The summed E-state index contributed by atoms with van der Waals surface area (Å²) in [4.78, 5) is 26.7. The number of aryl methyl sites for hydroxylation is 1. The van der Waals surface area contributed by atoms with Crippen molar-refractivity contribution < 1.29 is 14.7 Å². The maximum Gasteiger partial charge on any atom is 0.358 e. The third-order valence-corrected chi connectivity index (χ3v) is 3.59. The lowest BCUT2D eigenvalue weighted by Gasteiger charge is -2.10. The van der Waals surface area contributed by atoms with Gasteiger partial charge in [-0.1, -0.05) is 5.21 Å². The van der Waals surface area contributed by atoms with E-state index in [0.717, 1.165) is 10.7 Å². The topological polar surface area (TPSA) is 110 Å². The molecule has 1 amide bonds. The molecular formula is C11H13N5O3S. The van der Waals surface area contributed by atoms with E-state index in [-0.39, 0.29) is 24.2 Å². The molecule has 20 heavy (non-hydrogen) atoms. The monoisotopic (exact) mass is 295 g/mol. The zero-order chi connectivity index (χ0) is 14.7. The van der Waals surface area contributed by atoms with E-state index in [0.29, 0.717) is 0 Å². The van der Waals surface area contributed by atoms with Crippen LogP contribution < -0.4 is 5.32 Å². The third kappa shape index (κ3) is 3.38. The Morgan fingerprint density at radius 3 is 2.85 bits per heavy atom. The fraction of sp³-hybridized carbons (Fsp3) is 0.364. The highest BCUT2D eigenvalue weighted by Crippen LogP contribution is 2.17. The molecule has 2 aromatic rings. The predicted molar refractivity (Wildman–Crippen MR) is 70.4 cm³/mol. The lowest BCUT2D eigenvalue weighted by atomic mass is 10.3. The molecule has 0 aromatic carbocycles. The van der Waals surface area contributed by atoms with Crippen LogP contribution in [0.5, 0.6) is 0 Å². The average Bonchev–Trinajstić information content (AvgIpc) is 2.98. The summed E-state index contributed by atoms with van der Waals surface area (Å²) < 4.78 is 1.18. The molecule has 8 nitrogen and oxygen atoms in total. The van der Waals surface area contributed by atoms with Crippen molar-refractivity contribution >= 4 is 23.2 Å². The van der Waals surface area contributed by atoms with E-state index in [1.165, 1.54) is 22.2 Å². The van der Waals surface area contributed by atoms with Gasteiger partial charge in [0.15, 0.2) is 5.69 Å². The molecule has 0 radical (unpaired) electrons. The van der Waals surface area contributed by atoms with Crippen LogP contribution in [0.1, 0.15) is 34.2 Å². The minimum absolute atomic E-state index is 0.0883. The van der Waals surface area contributed by atoms with Gasteiger partial charge in [-0.2, -0.15) is 0 Å². The molecule has 0 saturated heterocycles. The summed E-state index contributed by atoms with van der Waals surface area (Å²) in [5.41, 5.74) is 0.717. The van der Waals surface area contributed by atoms with E-state index >= 15 is 0 Å². The number of carbonyl (C=O) groups excluding carboxylic acids is 1. The maximum atomic E-state index is 11.8. The van der Waals surface area contributed by atoms with E-state index < -0.39 is 5.97 Å². The van der Waals surface area contributed by atoms with Gasteiger partial charge in [0, 0.05) is 11.1 Å². The SMILES string of the molecule is Cc1csc(C(C)NC(=O)Cn2cc(C(=O)O)nn2)n1. The highest BCUT2D eigenvalue weighted by Gasteiger charge is 2.14. The average molecular weight is 295 g/mol. The lowest BCUT2D eigenvalue weighted by Crippen LogP contribution is -2.30. The second-order valence-electron chi connectivity index (χ2n) is 4.22. The zero-order valence-electron chi connectivity index (χ0n) is 10.9. The molecule has 1 unspecified atom stereocenters. The number of aromatic nitrogens is 4.